The van der Waals surface area contributed by atoms with E-state index in [0.717, 1.165) is 42.8 Å². The third kappa shape index (κ3) is 3.76. The van der Waals surface area contributed by atoms with E-state index >= 15 is 0 Å². The van der Waals surface area contributed by atoms with Gasteiger partial charge in [0.15, 0.2) is 0 Å². The van der Waals surface area contributed by atoms with Crippen LogP contribution in [0.25, 0.3) is 0 Å². The molecule has 1 aromatic carbocycles. The molecule has 5 aliphatic rings. The van der Waals surface area contributed by atoms with Gasteiger partial charge in [-0.05, 0) is 68.4 Å². The van der Waals surface area contributed by atoms with E-state index < -0.39 is 0 Å². The van der Waals surface area contributed by atoms with Crippen molar-refractivity contribution in [2.45, 2.75) is 44.9 Å². The number of hydrogen-bond donors (Lipinski definition) is 0. The summed E-state index contributed by atoms with van der Waals surface area (Å²) in [7, 11) is 0. The van der Waals surface area contributed by atoms with Crippen molar-refractivity contribution < 1.29 is 14.3 Å². The first kappa shape index (κ1) is 19.0. The Kier molecular flexibility index (Phi) is 5.00. The highest BCUT2D eigenvalue weighted by Crippen LogP contribution is 2.60. The van der Waals surface area contributed by atoms with Crippen LogP contribution < -0.4 is 4.74 Å². The van der Waals surface area contributed by atoms with Gasteiger partial charge >= 0.3 is 0 Å². The molecule has 0 atom stereocenters. The molecule has 0 N–H and O–H groups in total. The van der Waals surface area contributed by atoms with Crippen LogP contribution in [0.5, 0.6) is 5.75 Å². The summed E-state index contributed by atoms with van der Waals surface area (Å²) in [6, 6.07) is 9.61. The summed E-state index contributed by atoms with van der Waals surface area (Å²) in [6.45, 7) is 3.08. The monoisotopic (exact) mass is 396 g/mol. The second-order valence-corrected chi connectivity index (χ2v) is 9.78. The fraction of sp³-hybridized carbons (Fsp3) is 0.667. The molecule has 1 heterocycles. The topological polar surface area (TPSA) is 49.9 Å². The van der Waals surface area contributed by atoms with Gasteiger partial charge in [-0.15, -0.1) is 0 Å². The number of carbonyl (C=O) groups is 2. The summed E-state index contributed by atoms with van der Waals surface area (Å²) >= 11 is 0. The van der Waals surface area contributed by atoms with Gasteiger partial charge in [0.1, 0.15) is 5.75 Å². The first-order valence-electron chi connectivity index (χ1n) is 11.4. The second kappa shape index (κ2) is 7.66. The van der Waals surface area contributed by atoms with E-state index in [1.54, 1.807) is 0 Å². The highest BCUT2D eigenvalue weighted by molar-refractivity contribution is 5.84. The fourth-order valence-electron chi connectivity index (χ4n) is 6.80. The molecule has 4 bridgehead atoms. The maximum Gasteiger partial charge on any atom is 0.228 e. The zero-order chi connectivity index (χ0) is 19.8. The molecule has 1 aliphatic heterocycles. The first-order valence-corrected chi connectivity index (χ1v) is 11.4. The number of piperazine rings is 1. The van der Waals surface area contributed by atoms with Gasteiger partial charge in [-0.3, -0.25) is 9.59 Å². The van der Waals surface area contributed by atoms with Gasteiger partial charge in [0.2, 0.25) is 11.8 Å². The van der Waals surface area contributed by atoms with E-state index in [9.17, 15) is 9.59 Å². The predicted octanol–water partition coefficient (Wildman–Crippen LogP) is 3.34. The van der Waals surface area contributed by atoms with Gasteiger partial charge in [0.25, 0.3) is 0 Å². The minimum Gasteiger partial charge on any atom is -0.493 e. The molecule has 5 nitrogen and oxygen atoms in total. The molecule has 156 valence electrons. The highest BCUT2D eigenvalue weighted by Gasteiger charge is 2.55. The first-order chi connectivity index (χ1) is 14.1. The van der Waals surface area contributed by atoms with Crippen molar-refractivity contribution in [3.63, 3.8) is 0 Å². The molecule has 0 spiro atoms. The SMILES string of the molecule is O=C(CCOc1ccccc1)N1CCN(C(=O)C23CC4CC(CC(C4)C2)C3)CC1. The fourth-order valence-corrected chi connectivity index (χ4v) is 6.80. The lowest BCUT2D eigenvalue weighted by Crippen LogP contribution is -2.58. The molecule has 0 aromatic heterocycles. The lowest BCUT2D eigenvalue weighted by atomic mass is 9.49. The van der Waals surface area contributed by atoms with Gasteiger partial charge in [-0.1, -0.05) is 18.2 Å². The van der Waals surface area contributed by atoms with Crippen molar-refractivity contribution in [3.8, 4) is 5.75 Å². The van der Waals surface area contributed by atoms with Crippen LogP contribution in [0.15, 0.2) is 30.3 Å². The molecule has 4 saturated carbocycles. The van der Waals surface area contributed by atoms with Gasteiger partial charge < -0.3 is 14.5 Å². The van der Waals surface area contributed by atoms with Crippen molar-refractivity contribution in [3.05, 3.63) is 30.3 Å². The van der Waals surface area contributed by atoms with E-state index in [1.807, 2.05) is 35.2 Å². The summed E-state index contributed by atoms with van der Waals surface area (Å²) in [5.41, 5.74) is -0.0650. The van der Waals surface area contributed by atoms with Crippen LogP contribution in [0.1, 0.15) is 44.9 Å². The highest BCUT2D eigenvalue weighted by atomic mass is 16.5. The van der Waals surface area contributed by atoms with Crippen molar-refractivity contribution in [2.75, 3.05) is 32.8 Å². The van der Waals surface area contributed by atoms with Crippen molar-refractivity contribution in [1.82, 2.24) is 9.80 Å². The minimum atomic E-state index is -0.0650. The van der Waals surface area contributed by atoms with E-state index in [4.69, 9.17) is 4.74 Å². The summed E-state index contributed by atoms with van der Waals surface area (Å²) < 4.78 is 5.65. The molecule has 6 rings (SSSR count). The molecule has 29 heavy (non-hydrogen) atoms. The normalized spacial score (nSPS) is 33.0. The van der Waals surface area contributed by atoms with Gasteiger partial charge in [-0.25, -0.2) is 0 Å². The number of rotatable bonds is 5. The number of ether oxygens (including phenoxy) is 1. The lowest BCUT2D eigenvalue weighted by Gasteiger charge is -2.57. The van der Waals surface area contributed by atoms with Crippen molar-refractivity contribution in [2.24, 2.45) is 23.2 Å². The summed E-state index contributed by atoms with van der Waals surface area (Å²) in [4.78, 5) is 30.0. The smallest absolute Gasteiger partial charge is 0.228 e. The molecule has 0 radical (unpaired) electrons. The Balaban J connectivity index is 1.11. The third-order valence-electron chi connectivity index (χ3n) is 7.74. The number of amides is 2. The van der Waals surface area contributed by atoms with Crippen LogP contribution in [0.4, 0.5) is 0 Å². The van der Waals surface area contributed by atoms with Gasteiger partial charge in [-0.2, -0.15) is 0 Å². The lowest BCUT2D eigenvalue weighted by molar-refractivity contribution is -0.160. The molecular weight excluding hydrogens is 364 g/mol. The van der Waals surface area contributed by atoms with E-state index in [-0.39, 0.29) is 11.3 Å². The van der Waals surface area contributed by atoms with Crippen LogP contribution in [0, 0.1) is 23.2 Å². The predicted molar refractivity (Wildman–Crippen MR) is 110 cm³/mol. The maximum absolute atomic E-state index is 13.5. The zero-order valence-electron chi connectivity index (χ0n) is 17.2. The summed E-state index contributed by atoms with van der Waals surface area (Å²) in [6.07, 6.45) is 7.83. The van der Waals surface area contributed by atoms with Gasteiger partial charge in [0.05, 0.1) is 18.4 Å². The average molecular weight is 397 g/mol. The van der Waals surface area contributed by atoms with Crippen molar-refractivity contribution >= 4 is 11.8 Å². The molecule has 5 fully saturated rings. The van der Waals surface area contributed by atoms with Crippen LogP contribution in [0.2, 0.25) is 0 Å². The molecule has 2 amide bonds. The van der Waals surface area contributed by atoms with Crippen LogP contribution in [-0.2, 0) is 9.59 Å². The molecule has 1 saturated heterocycles. The molecular formula is C24H32N2O3. The Labute approximate surface area is 173 Å². The van der Waals surface area contributed by atoms with Gasteiger partial charge in [0, 0.05) is 26.2 Å². The number of benzene rings is 1. The number of hydrogen-bond acceptors (Lipinski definition) is 3. The Morgan fingerprint density at radius 3 is 2.00 bits per heavy atom. The Morgan fingerprint density at radius 2 is 1.41 bits per heavy atom. The number of carbonyl (C=O) groups excluding carboxylic acids is 2. The molecule has 0 unspecified atom stereocenters. The third-order valence-corrected chi connectivity index (χ3v) is 7.74. The largest absolute Gasteiger partial charge is 0.493 e. The van der Waals surface area contributed by atoms with Crippen LogP contribution in [0.3, 0.4) is 0 Å². The van der Waals surface area contributed by atoms with E-state index in [0.29, 0.717) is 45.1 Å². The maximum atomic E-state index is 13.5. The number of para-hydroxylation sites is 1. The Morgan fingerprint density at radius 1 is 0.862 bits per heavy atom. The van der Waals surface area contributed by atoms with Crippen LogP contribution in [-0.4, -0.2) is 54.4 Å². The molecule has 1 aromatic rings. The van der Waals surface area contributed by atoms with E-state index in [1.165, 1.54) is 19.3 Å². The zero-order valence-corrected chi connectivity index (χ0v) is 17.2. The summed E-state index contributed by atoms with van der Waals surface area (Å²) in [5.74, 6) is 3.69. The van der Waals surface area contributed by atoms with Crippen molar-refractivity contribution in [1.29, 1.82) is 0 Å². The second-order valence-electron chi connectivity index (χ2n) is 9.78. The Hall–Kier alpha value is -2.04. The standard InChI is InChI=1S/C24H32N2O3/c27-22(6-11-29-21-4-2-1-3-5-21)25-7-9-26(10-8-25)23(28)24-15-18-12-19(16-24)14-20(13-18)17-24/h1-5,18-20H,6-17H2. The quantitative estimate of drug-likeness (QED) is 0.767. The number of nitrogens with zero attached hydrogens (tertiary/aromatic N) is 2. The molecule has 4 aliphatic carbocycles. The van der Waals surface area contributed by atoms with E-state index in [2.05, 4.69) is 4.90 Å². The average Bonchev–Trinajstić information content (AvgIpc) is 2.73. The van der Waals surface area contributed by atoms with Crippen LogP contribution >= 0.6 is 0 Å². The minimum absolute atomic E-state index is 0.0650. The Bertz CT molecular complexity index is 719. The molecule has 5 heteroatoms. The summed E-state index contributed by atoms with van der Waals surface area (Å²) in [5, 5.41) is 0.